The van der Waals surface area contributed by atoms with Crippen molar-refractivity contribution < 1.29 is 5.11 Å². The number of aliphatic hydroxyl groups is 1. The second-order valence-electron chi connectivity index (χ2n) is 3.04. The Hall–Kier alpha value is -0.860. The van der Waals surface area contributed by atoms with Crippen LogP contribution >= 0.6 is 0 Å². The highest BCUT2D eigenvalue weighted by Crippen LogP contribution is 2.18. The summed E-state index contributed by atoms with van der Waals surface area (Å²) in [5.41, 5.74) is 8.64. The predicted molar refractivity (Wildman–Crippen MR) is 49.9 cm³/mol. The van der Waals surface area contributed by atoms with Crippen molar-refractivity contribution in [1.82, 2.24) is 0 Å². The fraction of sp³-hybridized carbons (Fsp3) is 0.400. The third-order valence-corrected chi connectivity index (χ3v) is 2.23. The molecule has 0 unspecified atom stereocenters. The standard InChI is InChI=1S/C10H15NO/c1-7-4-3-5-9(8(7)2)10(12)6-11/h3-5,10,12H,6,11H2,1-2H3/t10-/m1/s1. The molecule has 0 aromatic heterocycles. The predicted octanol–water partition coefficient (Wildman–Crippen LogP) is 1.30. The molecule has 0 aliphatic carbocycles. The van der Waals surface area contributed by atoms with Crippen LogP contribution in [-0.2, 0) is 0 Å². The van der Waals surface area contributed by atoms with Gasteiger partial charge in [-0.25, -0.2) is 0 Å². The van der Waals surface area contributed by atoms with Crippen LogP contribution in [0.25, 0.3) is 0 Å². The van der Waals surface area contributed by atoms with Crippen LogP contribution in [0.1, 0.15) is 22.8 Å². The van der Waals surface area contributed by atoms with Crippen LogP contribution in [0.5, 0.6) is 0 Å². The SMILES string of the molecule is Cc1cccc([C@H](O)CN)c1C. The topological polar surface area (TPSA) is 46.2 Å². The summed E-state index contributed by atoms with van der Waals surface area (Å²) >= 11 is 0. The molecule has 1 atom stereocenters. The molecule has 0 heterocycles. The van der Waals surface area contributed by atoms with Gasteiger partial charge in [0.05, 0.1) is 6.10 Å². The normalized spacial score (nSPS) is 13.0. The quantitative estimate of drug-likeness (QED) is 0.693. The van der Waals surface area contributed by atoms with E-state index in [4.69, 9.17) is 5.73 Å². The van der Waals surface area contributed by atoms with E-state index in [1.807, 2.05) is 32.0 Å². The number of hydrogen-bond acceptors (Lipinski definition) is 2. The monoisotopic (exact) mass is 165 g/mol. The van der Waals surface area contributed by atoms with E-state index in [-0.39, 0.29) is 6.54 Å². The molecule has 0 saturated heterocycles. The van der Waals surface area contributed by atoms with E-state index in [9.17, 15) is 5.11 Å². The van der Waals surface area contributed by atoms with Gasteiger partial charge in [0.15, 0.2) is 0 Å². The number of nitrogens with two attached hydrogens (primary N) is 1. The Morgan fingerprint density at radius 2 is 2.08 bits per heavy atom. The van der Waals surface area contributed by atoms with E-state index < -0.39 is 6.10 Å². The average Bonchev–Trinajstić information content (AvgIpc) is 2.08. The molecule has 0 bridgehead atoms. The van der Waals surface area contributed by atoms with Crippen LogP contribution in [0.2, 0.25) is 0 Å². The number of hydrogen-bond donors (Lipinski definition) is 2. The first kappa shape index (κ1) is 9.23. The van der Waals surface area contributed by atoms with Crippen molar-refractivity contribution in [1.29, 1.82) is 0 Å². The highest BCUT2D eigenvalue weighted by molar-refractivity contribution is 5.34. The zero-order chi connectivity index (χ0) is 9.14. The first-order valence-corrected chi connectivity index (χ1v) is 4.11. The van der Waals surface area contributed by atoms with Crippen LogP contribution in [0.15, 0.2) is 18.2 Å². The number of benzene rings is 1. The minimum atomic E-state index is -0.523. The van der Waals surface area contributed by atoms with E-state index >= 15 is 0 Å². The van der Waals surface area contributed by atoms with E-state index in [1.54, 1.807) is 0 Å². The Labute approximate surface area is 73.0 Å². The maximum atomic E-state index is 9.51. The molecule has 0 aliphatic rings. The molecule has 2 heteroatoms. The lowest BCUT2D eigenvalue weighted by Crippen LogP contribution is -2.12. The summed E-state index contributed by atoms with van der Waals surface area (Å²) in [6.07, 6.45) is -0.523. The van der Waals surface area contributed by atoms with E-state index in [0.717, 1.165) is 11.1 Å². The zero-order valence-corrected chi connectivity index (χ0v) is 7.54. The van der Waals surface area contributed by atoms with Crippen LogP contribution < -0.4 is 5.73 Å². The molecule has 0 aliphatic heterocycles. The summed E-state index contributed by atoms with van der Waals surface area (Å²) in [7, 11) is 0. The second-order valence-corrected chi connectivity index (χ2v) is 3.04. The van der Waals surface area contributed by atoms with Gasteiger partial charge >= 0.3 is 0 Å². The highest BCUT2D eigenvalue weighted by atomic mass is 16.3. The van der Waals surface area contributed by atoms with Crippen molar-refractivity contribution in [3.63, 3.8) is 0 Å². The third-order valence-electron chi connectivity index (χ3n) is 2.23. The largest absolute Gasteiger partial charge is 0.387 e. The maximum absolute atomic E-state index is 9.51. The molecule has 66 valence electrons. The van der Waals surface area contributed by atoms with Crippen molar-refractivity contribution in [2.45, 2.75) is 20.0 Å². The first-order chi connectivity index (χ1) is 5.66. The molecule has 12 heavy (non-hydrogen) atoms. The molecule has 3 N–H and O–H groups in total. The van der Waals surface area contributed by atoms with Crippen LogP contribution in [-0.4, -0.2) is 11.7 Å². The van der Waals surface area contributed by atoms with E-state index in [1.165, 1.54) is 5.56 Å². The van der Waals surface area contributed by atoms with Gasteiger partial charge in [0.25, 0.3) is 0 Å². The maximum Gasteiger partial charge on any atom is 0.0914 e. The molecule has 0 amide bonds. The Bertz CT molecular complexity index is 271. The number of aliphatic hydroxyl groups excluding tert-OH is 1. The highest BCUT2D eigenvalue weighted by Gasteiger charge is 2.08. The Balaban J connectivity index is 3.07. The van der Waals surface area contributed by atoms with Crippen LogP contribution in [0, 0.1) is 13.8 Å². The third kappa shape index (κ3) is 1.65. The van der Waals surface area contributed by atoms with Gasteiger partial charge in [-0.15, -0.1) is 0 Å². The lowest BCUT2D eigenvalue weighted by Gasteiger charge is -2.12. The lowest BCUT2D eigenvalue weighted by molar-refractivity contribution is 0.186. The van der Waals surface area contributed by atoms with Crippen LogP contribution in [0.4, 0.5) is 0 Å². The molecular formula is C10H15NO. The summed E-state index contributed by atoms with van der Waals surface area (Å²) in [5, 5.41) is 9.51. The Morgan fingerprint density at radius 3 is 2.67 bits per heavy atom. The van der Waals surface area contributed by atoms with Gasteiger partial charge in [-0.05, 0) is 30.5 Å². The summed E-state index contributed by atoms with van der Waals surface area (Å²) < 4.78 is 0. The minimum Gasteiger partial charge on any atom is -0.387 e. The molecule has 1 aromatic carbocycles. The molecule has 0 radical (unpaired) electrons. The minimum absolute atomic E-state index is 0.282. The van der Waals surface area contributed by atoms with Gasteiger partial charge in [-0.3, -0.25) is 0 Å². The van der Waals surface area contributed by atoms with Gasteiger partial charge in [-0.1, -0.05) is 18.2 Å². The smallest absolute Gasteiger partial charge is 0.0914 e. The molecule has 2 nitrogen and oxygen atoms in total. The van der Waals surface area contributed by atoms with Gasteiger partial charge in [0.2, 0.25) is 0 Å². The fourth-order valence-electron chi connectivity index (χ4n) is 1.26. The molecule has 1 aromatic rings. The zero-order valence-electron chi connectivity index (χ0n) is 7.54. The van der Waals surface area contributed by atoms with Gasteiger partial charge < -0.3 is 10.8 Å². The van der Waals surface area contributed by atoms with Crippen molar-refractivity contribution in [3.8, 4) is 0 Å². The Morgan fingerprint density at radius 1 is 1.42 bits per heavy atom. The van der Waals surface area contributed by atoms with Crippen molar-refractivity contribution in [3.05, 3.63) is 34.9 Å². The van der Waals surface area contributed by atoms with Gasteiger partial charge in [0.1, 0.15) is 0 Å². The van der Waals surface area contributed by atoms with Crippen molar-refractivity contribution >= 4 is 0 Å². The summed E-state index contributed by atoms with van der Waals surface area (Å²) in [6.45, 7) is 4.32. The summed E-state index contributed by atoms with van der Waals surface area (Å²) in [4.78, 5) is 0. The lowest BCUT2D eigenvalue weighted by atomic mass is 9.99. The van der Waals surface area contributed by atoms with Gasteiger partial charge in [0, 0.05) is 6.54 Å². The summed E-state index contributed by atoms with van der Waals surface area (Å²) in [5.74, 6) is 0. The van der Waals surface area contributed by atoms with Crippen LogP contribution in [0.3, 0.4) is 0 Å². The fourth-order valence-corrected chi connectivity index (χ4v) is 1.26. The summed E-state index contributed by atoms with van der Waals surface area (Å²) in [6, 6.07) is 5.89. The number of rotatable bonds is 2. The molecule has 1 rings (SSSR count). The first-order valence-electron chi connectivity index (χ1n) is 4.11. The van der Waals surface area contributed by atoms with Crippen molar-refractivity contribution in [2.24, 2.45) is 5.73 Å². The number of aryl methyl sites for hydroxylation is 1. The van der Waals surface area contributed by atoms with Gasteiger partial charge in [-0.2, -0.15) is 0 Å². The van der Waals surface area contributed by atoms with E-state index in [2.05, 4.69) is 0 Å². The average molecular weight is 165 g/mol. The van der Waals surface area contributed by atoms with E-state index in [0.29, 0.717) is 0 Å². The molecule has 0 spiro atoms. The Kier molecular flexibility index (Phi) is 2.84. The molecule has 0 saturated carbocycles. The molecular weight excluding hydrogens is 150 g/mol. The van der Waals surface area contributed by atoms with Crippen molar-refractivity contribution in [2.75, 3.05) is 6.54 Å². The second kappa shape index (κ2) is 3.70. The molecule has 0 fully saturated rings.